The Bertz CT molecular complexity index is 87.3. The topological polar surface area (TPSA) is 37.3 Å². The molecule has 0 bridgehead atoms. The summed E-state index contributed by atoms with van der Waals surface area (Å²) >= 11 is 3.68. The fourth-order valence-electron chi connectivity index (χ4n) is 0.0956. The van der Waals surface area contributed by atoms with Crippen molar-refractivity contribution in [2.45, 2.75) is 6.42 Å². The highest BCUT2D eigenvalue weighted by atomic mass is 32.1. The molecule has 0 amide bonds. The minimum Gasteiger partial charge on any atom is -0.481 e. The quantitative estimate of drug-likeness (QED) is 0.549. The van der Waals surface area contributed by atoms with E-state index in [2.05, 4.69) is 65.3 Å². The number of hydrogen-bond acceptors (Lipinski definition) is 2. The maximum atomic E-state index is 9.55. The van der Waals surface area contributed by atoms with Crippen molar-refractivity contribution in [3.8, 4) is 0 Å². The summed E-state index contributed by atoms with van der Waals surface area (Å²) in [6, 6.07) is 0. The summed E-state index contributed by atoms with van der Waals surface area (Å²) in [4.78, 5) is 9.55. The summed E-state index contributed by atoms with van der Waals surface area (Å²) in [5.41, 5.74) is 0. The lowest BCUT2D eigenvalue weighted by Gasteiger charge is -1.79. The molecule has 0 aromatic carbocycles. The molecule has 0 saturated heterocycles. The monoisotopic (exact) mass is 218 g/mol. The molecule has 0 rings (SSSR count). The molecule has 0 aliphatic rings. The predicted molar refractivity (Wildman–Crippen MR) is 71.1 cm³/mol. The molecule has 0 fully saturated rings. The van der Waals surface area contributed by atoms with E-state index in [9.17, 15) is 4.79 Å². The van der Waals surface area contributed by atoms with E-state index in [1.165, 1.54) is 0 Å². The molecular weight excluding hydrogens is 196 g/mol. The van der Waals surface area contributed by atoms with Gasteiger partial charge in [-0.3, -0.25) is 4.79 Å². The number of thiol groups is 1. The third kappa shape index (κ3) is 325. The minimum atomic E-state index is -0.787. The molecule has 0 aliphatic heterocycles. The second-order valence-corrected chi connectivity index (χ2v) is 1.31. The van der Waals surface area contributed by atoms with Crippen molar-refractivity contribution >= 4 is 18.6 Å². The van der Waals surface area contributed by atoms with Crippen molar-refractivity contribution in [1.29, 1.82) is 0 Å². The number of rotatable bonds is 2. The van der Waals surface area contributed by atoms with Crippen LogP contribution in [0.4, 0.5) is 0 Å². The van der Waals surface area contributed by atoms with Crippen LogP contribution in [0.2, 0.25) is 0 Å². The van der Waals surface area contributed by atoms with Crippen LogP contribution in [-0.2, 0) is 4.79 Å². The van der Waals surface area contributed by atoms with Gasteiger partial charge in [-0.05, 0) is 0 Å². The molecule has 0 aromatic rings. The third-order valence-electron chi connectivity index (χ3n) is 0.326. The van der Waals surface area contributed by atoms with Gasteiger partial charge < -0.3 is 5.11 Å². The summed E-state index contributed by atoms with van der Waals surface area (Å²) < 4.78 is 0. The Morgan fingerprint density at radius 3 is 1.14 bits per heavy atom. The largest absolute Gasteiger partial charge is 0.481 e. The Balaban J connectivity index is -0.0000000287. The van der Waals surface area contributed by atoms with Crippen molar-refractivity contribution in [2.24, 2.45) is 0 Å². The average Bonchev–Trinajstić information content (AvgIpc) is 2.29. The Hall–Kier alpha value is -1.22. The normalized spacial score (nSPS) is 4.64. The Morgan fingerprint density at radius 1 is 0.929 bits per heavy atom. The Labute approximate surface area is 93.8 Å². The third-order valence-corrected chi connectivity index (χ3v) is 0.549. The second kappa shape index (κ2) is 95.8. The van der Waals surface area contributed by atoms with Gasteiger partial charge in [0.05, 0.1) is 6.42 Å². The van der Waals surface area contributed by atoms with Crippen molar-refractivity contribution in [2.75, 3.05) is 5.75 Å². The van der Waals surface area contributed by atoms with E-state index in [0.717, 1.165) is 0 Å². The van der Waals surface area contributed by atoms with E-state index in [4.69, 9.17) is 5.11 Å². The van der Waals surface area contributed by atoms with Crippen LogP contribution in [0.15, 0.2) is 52.6 Å². The van der Waals surface area contributed by atoms with Gasteiger partial charge in [-0.25, -0.2) is 0 Å². The van der Waals surface area contributed by atoms with Crippen molar-refractivity contribution in [3.05, 3.63) is 52.6 Å². The zero-order chi connectivity index (χ0) is 13.0. The zero-order valence-corrected chi connectivity index (χ0v) is 9.77. The lowest BCUT2D eigenvalue weighted by Crippen LogP contribution is -1.93. The lowest BCUT2D eigenvalue weighted by molar-refractivity contribution is -0.136. The van der Waals surface area contributed by atoms with E-state index in [1.54, 1.807) is 0 Å². The molecule has 1 N–H and O–H groups in total. The molecule has 3 heteroatoms. The van der Waals surface area contributed by atoms with E-state index >= 15 is 0 Å². The highest BCUT2D eigenvalue weighted by Gasteiger charge is 1.88. The maximum absolute atomic E-state index is 9.55. The molecule has 0 radical (unpaired) electrons. The molecule has 14 heavy (non-hydrogen) atoms. The molecule has 0 unspecified atom stereocenters. The molecule has 0 aliphatic carbocycles. The van der Waals surface area contributed by atoms with Crippen LogP contribution in [0.1, 0.15) is 6.42 Å². The number of carboxylic acids is 1. The van der Waals surface area contributed by atoms with E-state index in [1.807, 2.05) is 0 Å². The predicted octanol–water partition coefficient (Wildman–Crippen LogP) is 3.60. The maximum Gasteiger partial charge on any atom is 0.304 e. The van der Waals surface area contributed by atoms with Gasteiger partial charge in [0.25, 0.3) is 0 Å². The Kier molecular flexibility index (Phi) is 201. The van der Waals surface area contributed by atoms with Crippen molar-refractivity contribution < 1.29 is 9.90 Å². The molecule has 0 aromatic heterocycles. The molecule has 0 heterocycles. The first kappa shape index (κ1) is 29.3. The number of aliphatic carboxylic acids is 1. The number of hydrogen-bond donors (Lipinski definition) is 2. The summed E-state index contributed by atoms with van der Waals surface area (Å²) in [5, 5.41) is 7.86. The molecule has 0 atom stereocenters. The highest BCUT2D eigenvalue weighted by molar-refractivity contribution is 7.80. The SMILES string of the molecule is C=C.C=C.C=C.C=C.O=C(O)CCS. The van der Waals surface area contributed by atoms with Gasteiger partial charge in [-0.15, -0.1) is 52.6 Å². The Morgan fingerprint density at radius 2 is 1.14 bits per heavy atom. The van der Waals surface area contributed by atoms with Crippen LogP contribution >= 0.6 is 12.6 Å². The molecule has 84 valence electrons. The second-order valence-electron chi connectivity index (χ2n) is 0.867. The number of carbonyl (C=O) groups is 1. The van der Waals surface area contributed by atoms with Crippen molar-refractivity contribution in [3.63, 3.8) is 0 Å². The summed E-state index contributed by atoms with van der Waals surface area (Å²) in [7, 11) is 0. The van der Waals surface area contributed by atoms with Gasteiger partial charge in [0, 0.05) is 5.75 Å². The van der Waals surface area contributed by atoms with E-state index in [0.29, 0.717) is 5.75 Å². The first-order valence-corrected chi connectivity index (χ1v) is 4.23. The van der Waals surface area contributed by atoms with Crippen LogP contribution in [0.3, 0.4) is 0 Å². The van der Waals surface area contributed by atoms with Crippen LogP contribution in [0.5, 0.6) is 0 Å². The molecule has 2 nitrogen and oxygen atoms in total. The van der Waals surface area contributed by atoms with Crippen LogP contribution < -0.4 is 0 Å². The van der Waals surface area contributed by atoms with Gasteiger partial charge >= 0.3 is 5.97 Å². The van der Waals surface area contributed by atoms with E-state index in [-0.39, 0.29) is 6.42 Å². The van der Waals surface area contributed by atoms with Gasteiger partial charge in [0.15, 0.2) is 0 Å². The zero-order valence-electron chi connectivity index (χ0n) is 8.87. The average molecular weight is 218 g/mol. The number of carboxylic acid groups (broad SMARTS) is 1. The first-order valence-electron chi connectivity index (χ1n) is 3.60. The standard InChI is InChI=1S/C3H6O2S.4C2H4/c4-3(5)1-2-6;4*1-2/h6H,1-2H2,(H,4,5);4*1-2H2. The lowest BCUT2D eigenvalue weighted by atomic mass is 10.5. The summed E-state index contributed by atoms with van der Waals surface area (Å²) in [6.07, 6.45) is 0.156. The first-order chi connectivity index (χ1) is 6.77. The van der Waals surface area contributed by atoms with Gasteiger partial charge in [-0.1, -0.05) is 0 Å². The van der Waals surface area contributed by atoms with E-state index < -0.39 is 5.97 Å². The fourth-order valence-corrected chi connectivity index (χ4v) is 0.287. The smallest absolute Gasteiger partial charge is 0.304 e. The molecular formula is C11H22O2S. The highest BCUT2D eigenvalue weighted by Crippen LogP contribution is 1.79. The van der Waals surface area contributed by atoms with Crippen molar-refractivity contribution in [1.82, 2.24) is 0 Å². The molecule has 0 spiro atoms. The van der Waals surface area contributed by atoms with Crippen LogP contribution in [-0.4, -0.2) is 16.8 Å². The van der Waals surface area contributed by atoms with Gasteiger partial charge in [-0.2, -0.15) is 12.6 Å². The van der Waals surface area contributed by atoms with Gasteiger partial charge in [0.1, 0.15) is 0 Å². The fraction of sp³-hybridized carbons (Fsp3) is 0.182. The molecule has 0 saturated carbocycles. The summed E-state index contributed by atoms with van der Waals surface area (Å²) in [6.45, 7) is 24.0. The summed E-state index contributed by atoms with van der Waals surface area (Å²) in [5.74, 6) is -0.361. The van der Waals surface area contributed by atoms with Crippen LogP contribution in [0, 0.1) is 0 Å². The van der Waals surface area contributed by atoms with Gasteiger partial charge in [0.2, 0.25) is 0 Å². The minimum absolute atomic E-state index is 0.156. The van der Waals surface area contributed by atoms with Crippen LogP contribution in [0.25, 0.3) is 0 Å².